The van der Waals surface area contributed by atoms with Crippen molar-refractivity contribution in [3.8, 4) is 11.5 Å². The van der Waals surface area contributed by atoms with Crippen LogP contribution in [0.25, 0.3) is 5.76 Å². The Hall–Kier alpha value is -4.18. The summed E-state index contributed by atoms with van der Waals surface area (Å²) in [7, 11) is 3.06. The molecule has 1 heterocycles. The fraction of sp³-hybridized carbons (Fsp3) is 0.185. The fourth-order valence-electron chi connectivity index (χ4n) is 4.28. The second-order valence-electron chi connectivity index (χ2n) is 8.29. The standard InChI is InChI=1S/C27H23BrN2O7/c1-36-21-12-3-16(15-22(21)37-2)13-14-29-24(17-6-10-20(11-7-17)30(34)35)23(26(32)27(29)33)25(31)18-4-8-19(28)9-5-18/h3-12,15,24,31H,13-14H2,1-2H3. The molecule has 1 fully saturated rings. The van der Waals surface area contributed by atoms with Crippen molar-refractivity contribution in [2.24, 2.45) is 0 Å². The van der Waals surface area contributed by atoms with E-state index in [1.54, 1.807) is 36.4 Å². The molecule has 37 heavy (non-hydrogen) atoms. The molecule has 1 atom stereocenters. The first-order valence-corrected chi connectivity index (χ1v) is 12.0. The number of aliphatic hydroxyl groups is 1. The number of ketones is 1. The molecule has 1 unspecified atom stereocenters. The minimum atomic E-state index is -0.926. The van der Waals surface area contributed by atoms with Gasteiger partial charge in [0.15, 0.2) is 11.5 Å². The summed E-state index contributed by atoms with van der Waals surface area (Å²) in [6.07, 6.45) is 0.384. The van der Waals surface area contributed by atoms with E-state index in [2.05, 4.69) is 15.9 Å². The molecule has 1 aliphatic rings. The lowest BCUT2D eigenvalue weighted by atomic mass is 9.95. The molecule has 1 N–H and O–H groups in total. The Morgan fingerprint density at radius 3 is 2.24 bits per heavy atom. The van der Waals surface area contributed by atoms with Crippen molar-refractivity contribution in [3.63, 3.8) is 0 Å². The number of carbonyl (C=O) groups is 2. The van der Waals surface area contributed by atoms with Crippen LogP contribution in [0.5, 0.6) is 11.5 Å². The number of nitro benzene ring substituents is 1. The summed E-state index contributed by atoms with van der Waals surface area (Å²) in [4.78, 5) is 38.4. The van der Waals surface area contributed by atoms with Crippen LogP contribution in [0.2, 0.25) is 0 Å². The zero-order valence-corrected chi connectivity index (χ0v) is 21.6. The summed E-state index contributed by atoms with van der Waals surface area (Å²) in [6.45, 7) is 0.152. The maximum Gasteiger partial charge on any atom is 0.295 e. The number of methoxy groups -OCH3 is 2. The van der Waals surface area contributed by atoms with E-state index in [0.29, 0.717) is 29.0 Å². The van der Waals surface area contributed by atoms with Crippen LogP contribution in [0.1, 0.15) is 22.7 Å². The molecule has 1 aliphatic heterocycles. The first-order valence-electron chi connectivity index (χ1n) is 11.2. The average Bonchev–Trinajstić information content (AvgIpc) is 3.16. The van der Waals surface area contributed by atoms with Crippen LogP contribution in [-0.2, 0) is 16.0 Å². The Morgan fingerprint density at radius 2 is 1.65 bits per heavy atom. The number of nitro groups is 1. The summed E-state index contributed by atoms with van der Waals surface area (Å²) < 4.78 is 11.4. The molecule has 9 nitrogen and oxygen atoms in total. The monoisotopic (exact) mass is 566 g/mol. The van der Waals surface area contributed by atoms with Crippen LogP contribution in [0, 0.1) is 10.1 Å². The third-order valence-corrected chi connectivity index (χ3v) is 6.70. The van der Waals surface area contributed by atoms with Gasteiger partial charge in [0.05, 0.1) is 30.8 Å². The first kappa shape index (κ1) is 25.9. The van der Waals surface area contributed by atoms with Crippen molar-refractivity contribution in [2.45, 2.75) is 12.5 Å². The molecule has 0 radical (unpaired) electrons. The lowest BCUT2D eigenvalue weighted by Gasteiger charge is -2.25. The van der Waals surface area contributed by atoms with Crippen molar-refractivity contribution in [2.75, 3.05) is 20.8 Å². The van der Waals surface area contributed by atoms with Crippen molar-refractivity contribution in [1.29, 1.82) is 0 Å². The third-order valence-electron chi connectivity index (χ3n) is 6.17. The zero-order chi connectivity index (χ0) is 26.7. The maximum atomic E-state index is 13.2. The Kier molecular flexibility index (Phi) is 7.58. The normalized spacial score (nSPS) is 16.6. The van der Waals surface area contributed by atoms with E-state index in [4.69, 9.17) is 9.47 Å². The number of Topliss-reactive ketones (excluding diaryl/α,β-unsaturated/α-hetero) is 1. The van der Waals surface area contributed by atoms with Gasteiger partial charge in [0.1, 0.15) is 5.76 Å². The molecule has 4 rings (SSSR count). The molecule has 0 spiro atoms. The number of ether oxygens (including phenoxy) is 2. The third kappa shape index (κ3) is 5.19. The minimum Gasteiger partial charge on any atom is -0.507 e. The van der Waals surface area contributed by atoms with Gasteiger partial charge >= 0.3 is 0 Å². The predicted octanol–water partition coefficient (Wildman–Crippen LogP) is 5.04. The highest BCUT2D eigenvalue weighted by atomic mass is 79.9. The second kappa shape index (κ2) is 10.8. The number of halogens is 1. The quantitative estimate of drug-likeness (QED) is 0.133. The van der Waals surface area contributed by atoms with E-state index in [0.717, 1.165) is 10.0 Å². The van der Waals surface area contributed by atoms with Crippen LogP contribution in [0.3, 0.4) is 0 Å². The summed E-state index contributed by atoms with van der Waals surface area (Å²) in [6, 6.07) is 16.7. The average molecular weight is 567 g/mol. The summed E-state index contributed by atoms with van der Waals surface area (Å²) in [5, 5.41) is 22.3. The number of non-ortho nitro benzene ring substituents is 1. The topological polar surface area (TPSA) is 119 Å². The Balaban J connectivity index is 1.75. The number of nitrogens with zero attached hydrogens (tertiary/aromatic N) is 2. The number of carbonyl (C=O) groups excluding carboxylic acids is 2. The number of amides is 1. The van der Waals surface area contributed by atoms with Gasteiger partial charge in [-0.15, -0.1) is 0 Å². The van der Waals surface area contributed by atoms with Gasteiger partial charge in [-0.2, -0.15) is 0 Å². The van der Waals surface area contributed by atoms with Gasteiger partial charge in [-0.25, -0.2) is 0 Å². The Morgan fingerprint density at radius 1 is 1.00 bits per heavy atom. The number of benzene rings is 3. The molecule has 0 aromatic heterocycles. The smallest absolute Gasteiger partial charge is 0.295 e. The number of hydrogen-bond acceptors (Lipinski definition) is 7. The lowest BCUT2D eigenvalue weighted by molar-refractivity contribution is -0.384. The number of aliphatic hydroxyl groups excluding tert-OH is 1. The summed E-state index contributed by atoms with van der Waals surface area (Å²) in [5.41, 5.74) is 1.48. The molecule has 10 heteroatoms. The van der Waals surface area contributed by atoms with Crippen molar-refractivity contribution < 1.29 is 29.1 Å². The summed E-state index contributed by atoms with van der Waals surface area (Å²) in [5.74, 6) is -0.808. The molecule has 3 aromatic carbocycles. The van der Waals surface area contributed by atoms with E-state index in [1.807, 2.05) is 6.07 Å². The number of hydrogen-bond donors (Lipinski definition) is 1. The Labute approximate surface area is 221 Å². The van der Waals surface area contributed by atoms with E-state index < -0.39 is 22.7 Å². The lowest BCUT2D eigenvalue weighted by Crippen LogP contribution is -2.31. The molecule has 190 valence electrons. The van der Waals surface area contributed by atoms with Crippen LogP contribution in [-0.4, -0.2) is 47.4 Å². The highest BCUT2D eigenvalue weighted by Gasteiger charge is 2.46. The molecule has 1 saturated heterocycles. The molecular weight excluding hydrogens is 544 g/mol. The van der Waals surface area contributed by atoms with Gasteiger partial charge in [0.2, 0.25) is 0 Å². The van der Waals surface area contributed by atoms with Crippen molar-refractivity contribution in [3.05, 3.63) is 104 Å². The van der Waals surface area contributed by atoms with Gasteiger partial charge in [-0.3, -0.25) is 19.7 Å². The highest BCUT2D eigenvalue weighted by Crippen LogP contribution is 2.40. The molecule has 0 saturated carbocycles. The molecular formula is C27H23BrN2O7. The van der Waals surface area contributed by atoms with Crippen LogP contribution in [0.15, 0.2) is 76.8 Å². The van der Waals surface area contributed by atoms with Crippen molar-refractivity contribution in [1.82, 2.24) is 4.90 Å². The minimum absolute atomic E-state index is 0.0755. The van der Waals surface area contributed by atoms with E-state index >= 15 is 0 Å². The molecule has 1 amide bonds. The second-order valence-corrected chi connectivity index (χ2v) is 9.20. The largest absolute Gasteiger partial charge is 0.507 e. The first-order chi connectivity index (χ1) is 17.7. The Bertz CT molecular complexity index is 1380. The van der Waals surface area contributed by atoms with Gasteiger partial charge in [-0.1, -0.05) is 34.1 Å². The van der Waals surface area contributed by atoms with Gasteiger partial charge in [-0.05, 0) is 53.9 Å². The van der Waals surface area contributed by atoms with Crippen LogP contribution < -0.4 is 9.47 Å². The van der Waals surface area contributed by atoms with Crippen LogP contribution >= 0.6 is 15.9 Å². The van der Waals surface area contributed by atoms with Gasteiger partial charge in [0, 0.05) is 28.7 Å². The summed E-state index contributed by atoms with van der Waals surface area (Å²) >= 11 is 3.34. The van der Waals surface area contributed by atoms with Crippen molar-refractivity contribution >= 4 is 39.1 Å². The number of likely N-dealkylation sites (tertiary alicyclic amines) is 1. The number of rotatable bonds is 8. The SMILES string of the molecule is COc1ccc(CCN2C(=O)C(=O)C(=C(O)c3ccc(Br)cc3)C2c2ccc([N+](=O)[O-])cc2)cc1OC. The molecule has 0 aliphatic carbocycles. The fourth-order valence-corrected chi connectivity index (χ4v) is 4.55. The van der Waals surface area contributed by atoms with E-state index in [9.17, 15) is 24.8 Å². The predicted molar refractivity (Wildman–Crippen MR) is 139 cm³/mol. The zero-order valence-electron chi connectivity index (χ0n) is 20.0. The highest BCUT2D eigenvalue weighted by molar-refractivity contribution is 9.10. The van der Waals surface area contributed by atoms with E-state index in [1.165, 1.54) is 43.4 Å². The van der Waals surface area contributed by atoms with Crippen LogP contribution in [0.4, 0.5) is 5.69 Å². The van der Waals surface area contributed by atoms with Gasteiger partial charge < -0.3 is 19.5 Å². The maximum absolute atomic E-state index is 13.2. The van der Waals surface area contributed by atoms with E-state index in [-0.39, 0.29) is 23.6 Å². The molecule has 3 aromatic rings. The van der Waals surface area contributed by atoms with Gasteiger partial charge in [0.25, 0.3) is 17.4 Å². The molecule has 0 bridgehead atoms.